The molecule has 0 unspecified atom stereocenters. The summed E-state index contributed by atoms with van der Waals surface area (Å²) in [6, 6.07) is 5.47. The zero-order valence-corrected chi connectivity index (χ0v) is 5.82. The third-order valence-corrected chi connectivity index (χ3v) is 1.34. The fraction of sp³-hybridized carbons (Fsp3) is 0.125. The molecule has 0 amide bonds. The largest absolute Gasteiger partial charge is 0.504 e. The lowest BCUT2D eigenvalue weighted by Gasteiger charge is -1.84. The van der Waals surface area contributed by atoms with Crippen molar-refractivity contribution in [2.45, 2.75) is 6.61 Å². The maximum Gasteiger partial charge on any atom is 0.220 e. The Balaban J connectivity index is 3.28. The molecule has 0 radical (unpaired) electrons. The van der Waals surface area contributed by atoms with Crippen LogP contribution in [0.2, 0.25) is 0 Å². The molecule has 11 heavy (non-hydrogen) atoms. The van der Waals surface area contributed by atoms with E-state index in [1.807, 2.05) is 0 Å². The zero-order valence-electron chi connectivity index (χ0n) is 5.82. The molecule has 0 saturated carbocycles. The summed E-state index contributed by atoms with van der Waals surface area (Å²) in [4.78, 5) is 10.8. The van der Waals surface area contributed by atoms with Gasteiger partial charge in [-0.05, 0) is 17.7 Å². The summed E-state index contributed by atoms with van der Waals surface area (Å²) in [7, 11) is 0. The first-order chi connectivity index (χ1) is 5.24. The van der Waals surface area contributed by atoms with E-state index < -0.39 is 5.43 Å². The monoisotopic (exact) mass is 152 g/mol. The second-order valence-corrected chi connectivity index (χ2v) is 2.15. The summed E-state index contributed by atoms with van der Waals surface area (Å²) in [5.74, 6) is -0.301. The van der Waals surface area contributed by atoms with E-state index in [0.717, 1.165) is 0 Å². The van der Waals surface area contributed by atoms with E-state index in [0.29, 0.717) is 5.56 Å². The van der Waals surface area contributed by atoms with Crippen molar-refractivity contribution < 1.29 is 10.2 Å². The highest BCUT2D eigenvalue weighted by atomic mass is 16.3. The van der Waals surface area contributed by atoms with Gasteiger partial charge in [0.05, 0.1) is 6.61 Å². The van der Waals surface area contributed by atoms with Crippen LogP contribution in [-0.2, 0) is 6.61 Å². The second kappa shape index (κ2) is 3.16. The molecule has 3 heteroatoms. The minimum Gasteiger partial charge on any atom is -0.504 e. The van der Waals surface area contributed by atoms with Crippen LogP contribution in [0.1, 0.15) is 5.56 Å². The quantitative estimate of drug-likeness (QED) is 0.606. The molecule has 0 aliphatic heterocycles. The summed E-state index contributed by atoms with van der Waals surface area (Å²) in [5, 5.41) is 17.6. The van der Waals surface area contributed by atoms with Gasteiger partial charge >= 0.3 is 0 Å². The Morgan fingerprint density at radius 3 is 2.45 bits per heavy atom. The maximum absolute atomic E-state index is 10.8. The number of aliphatic hydroxyl groups is 1. The van der Waals surface area contributed by atoms with Crippen molar-refractivity contribution in [1.82, 2.24) is 0 Å². The lowest BCUT2D eigenvalue weighted by Crippen LogP contribution is -1.91. The summed E-state index contributed by atoms with van der Waals surface area (Å²) < 4.78 is 0. The Morgan fingerprint density at radius 2 is 1.82 bits per heavy atom. The molecule has 0 heterocycles. The summed E-state index contributed by atoms with van der Waals surface area (Å²) in [6.07, 6.45) is 0. The smallest absolute Gasteiger partial charge is 0.220 e. The molecule has 0 atom stereocenters. The van der Waals surface area contributed by atoms with Gasteiger partial charge < -0.3 is 10.2 Å². The molecule has 0 aliphatic rings. The summed E-state index contributed by atoms with van der Waals surface area (Å²) in [6.45, 7) is -0.131. The normalized spacial score (nSPS) is 9.55. The van der Waals surface area contributed by atoms with Crippen LogP contribution in [0, 0.1) is 0 Å². The fourth-order valence-electron chi connectivity index (χ4n) is 0.697. The molecule has 0 aliphatic carbocycles. The molecule has 1 rings (SSSR count). The van der Waals surface area contributed by atoms with Crippen LogP contribution in [0.4, 0.5) is 0 Å². The van der Waals surface area contributed by atoms with Gasteiger partial charge in [0.2, 0.25) is 5.43 Å². The number of hydrogen-bond donors (Lipinski definition) is 2. The second-order valence-electron chi connectivity index (χ2n) is 2.15. The Kier molecular flexibility index (Phi) is 2.23. The lowest BCUT2D eigenvalue weighted by atomic mass is 10.3. The molecule has 0 fully saturated rings. The van der Waals surface area contributed by atoms with E-state index in [9.17, 15) is 4.79 Å². The van der Waals surface area contributed by atoms with Crippen molar-refractivity contribution in [2.24, 2.45) is 0 Å². The topological polar surface area (TPSA) is 57.5 Å². The van der Waals surface area contributed by atoms with E-state index in [4.69, 9.17) is 10.2 Å². The molecule has 2 N–H and O–H groups in total. The van der Waals surface area contributed by atoms with Gasteiger partial charge in [-0.1, -0.05) is 12.1 Å². The summed E-state index contributed by atoms with van der Waals surface area (Å²) in [5.41, 5.74) is 0.159. The van der Waals surface area contributed by atoms with Crippen LogP contribution in [0.5, 0.6) is 5.75 Å². The van der Waals surface area contributed by atoms with Gasteiger partial charge in [-0.2, -0.15) is 0 Å². The minimum atomic E-state index is -0.440. The Morgan fingerprint density at radius 1 is 1.18 bits per heavy atom. The minimum absolute atomic E-state index is 0.131. The molecule has 0 bridgehead atoms. The van der Waals surface area contributed by atoms with Crippen LogP contribution in [0.3, 0.4) is 0 Å². The van der Waals surface area contributed by atoms with E-state index >= 15 is 0 Å². The SMILES string of the molecule is O=c1ccc(CO)ccc1O. The van der Waals surface area contributed by atoms with Gasteiger partial charge in [0.15, 0.2) is 5.75 Å². The zero-order chi connectivity index (χ0) is 8.27. The third kappa shape index (κ3) is 1.78. The van der Waals surface area contributed by atoms with E-state index in [-0.39, 0.29) is 12.4 Å². The average molecular weight is 152 g/mol. The van der Waals surface area contributed by atoms with Crippen molar-refractivity contribution in [2.75, 3.05) is 0 Å². The van der Waals surface area contributed by atoms with Gasteiger partial charge in [0.25, 0.3) is 0 Å². The van der Waals surface area contributed by atoms with Crippen LogP contribution in [0.25, 0.3) is 0 Å². The molecule has 0 spiro atoms. The van der Waals surface area contributed by atoms with Gasteiger partial charge in [-0.15, -0.1) is 0 Å². The van der Waals surface area contributed by atoms with Crippen LogP contribution < -0.4 is 5.43 Å². The average Bonchev–Trinajstić information content (AvgIpc) is 2.16. The maximum atomic E-state index is 10.8. The first kappa shape index (κ1) is 7.75. The Bertz CT molecular complexity index is 306. The van der Waals surface area contributed by atoms with Crippen LogP contribution >= 0.6 is 0 Å². The van der Waals surface area contributed by atoms with E-state index in [1.165, 1.54) is 24.3 Å². The predicted octanol–water partition coefficient (Wildman–Crippen LogP) is 0.245. The van der Waals surface area contributed by atoms with Crippen LogP contribution in [-0.4, -0.2) is 10.2 Å². The van der Waals surface area contributed by atoms with E-state index in [1.54, 1.807) is 0 Å². The first-order valence-electron chi connectivity index (χ1n) is 3.17. The molecular formula is C8H8O3. The highest BCUT2D eigenvalue weighted by Crippen LogP contribution is 2.00. The van der Waals surface area contributed by atoms with E-state index in [2.05, 4.69) is 0 Å². The van der Waals surface area contributed by atoms with Crippen molar-refractivity contribution in [3.8, 4) is 5.75 Å². The van der Waals surface area contributed by atoms with Crippen molar-refractivity contribution in [3.05, 3.63) is 40.1 Å². The van der Waals surface area contributed by atoms with Crippen molar-refractivity contribution >= 4 is 0 Å². The number of rotatable bonds is 1. The highest BCUT2D eigenvalue weighted by Gasteiger charge is 1.92. The van der Waals surface area contributed by atoms with Crippen LogP contribution in [0.15, 0.2) is 29.1 Å². The lowest BCUT2D eigenvalue weighted by molar-refractivity contribution is 0.282. The summed E-state index contributed by atoms with van der Waals surface area (Å²) >= 11 is 0. The van der Waals surface area contributed by atoms with Gasteiger partial charge in [0.1, 0.15) is 0 Å². The molecular weight excluding hydrogens is 144 g/mol. The molecule has 1 aromatic rings. The number of aliphatic hydroxyl groups excluding tert-OH is 1. The first-order valence-corrected chi connectivity index (χ1v) is 3.17. The molecule has 0 aromatic heterocycles. The standard InChI is InChI=1S/C8H8O3/c9-5-6-1-3-7(10)8(11)4-2-6/h1-4,9H,5H2,(H,10,11). The third-order valence-electron chi connectivity index (χ3n) is 1.34. The predicted molar refractivity (Wildman–Crippen MR) is 40.3 cm³/mol. The van der Waals surface area contributed by atoms with Crippen molar-refractivity contribution in [3.63, 3.8) is 0 Å². The Labute approximate surface area is 63.6 Å². The fourth-order valence-corrected chi connectivity index (χ4v) is 0.697. The molecule has 58 valence electrons. The van der Waals surface area contributed by atoms with Gasteiger partial charge in [-0.3, -0.25) is 4.79 Å². The van der Waals surface area contributed by atoms with Crippen molar-refractivity contribution in [1.29, 1.82) is 0 Å². The Hall–Kier alpha value is -1.35. The number of aromatic hydroxyl groups is 1. The molecule has 1 aromatic carbocycles. The highest BCUT2D eigenvalue weighted by molar-refractivity contribution is 5.23. The molecule has 0 saturated heterocycles. The number of hydrogen-bond acceptors (Lipinski definition) is 3. The van der Waals surface area contributed by atoms with Gasteiger partial charge in [-0.25, -0.2) is 0 Å². The molecule has 3 nitrogen and oxygen atoms in total. The van der Waals surface area contributed by atoms with Gasteiger partial charge in [0, 0.05) is 0 Å².